The molecule has 17 heavy (non-hydrogen) atoms. The zero-order chi connectivity index (χ0) is 12.3. The van der Waals surface area contributed by atoms with Crippen LogP contribution in [0.15, 0.2) is 34.7 Å². The third kappa shape index (κ3) is 3.05. The van der Waals surface area contributed by atoms with Gasteiger partial charge in [-0.25, -0.2) is 0 Å². The lowest BCUT2D eigenvalue weighted by molar-refractivity contribution is 0.426. The molecule has 92 valence electrons. The second-order valence-electron chi connectivity index (χ2n) is 4.43. The van der Waals surface area contributed by atoms with Crippen molar-refractivity contribution in [2.45, 2.75) is 25.9 Å². The molecule has 0 aliphatic carbocycles. The van der Waals surface area contributed by atoms with Crippen molar-refractivity contribution in [3.05, 3.63) is 36.1 Å². The largest absolute Gasteiger partial charge is 0.459 e. The zero-order valence-electron chi connectivity index (χ0n) is 10.6. The molecule has 2 rings (SSSR count). The molecule has 0 fully saturated rings. The first-order valence-electron chi connectivity index (χ1n) is 5.94. The van der Waals surface area contributed by atoms with E-state index in [0.29, 0.717) is 6.04 Å². The summed E-state index contributed by atoms with van der Waals surface area (Å²) in [5.41, 5.74) is 0.966. The molecule has 0 spiro atoms. The van der Waals surface area contributed by atoms with Gasteiger partial charge in [0.2, 0.25) is 0 Å². The molecule has 0 amide bonds. The van der Waals surface area contributed by atoms with Crippen LogP contribution < -0.4 is 5.32 Å². The molecule has 2 unspecified atom stereocenters. The van der Waals surface area contributed by atoms with Crippen LogP contribution in [0.5, 0.6) is 0 Å². The van der Waals surface area contributed by atoms with Gasteiger partial charge in [-0.05, 0) is 32.2 Å². The predicted molar refractivity (Wildman–Crippen MR) is 75.6 cm³/mol. The fourth-order valence-corrected chi connectivity index (χ4v) is 2.62. The standard InChI is InChI=1S/C14H19NOS/c1-10(9-17-3)15-11(2)14-8-12-6-4-5-7-13(12)16-14/h4-8,10-11,15H,9H2,1-3H3. The number of benzene rings is 1. The minimum absolute atomic E-state index is 0.254. The van der Waals surface area contributed by atoms with E-state index in [4.69, 9.17) is 4.42 Å². The number of nitrogens with one attached hydrogen (secondary N) is 1. The Morgan fingerprint density at radius 1 is 1.29 bits per heavy atom. The van der Waals surface area contributed by atoms with E-state index < -0.39 is 0 Å². The summed E-state index contributed by atoms with van der Waals surface area (Å²) in [6.07, 6.45) is 2.13. The van der Waals surface area contributed by atoms with Gasteiger partial charge in [-0.2, -0.15) is 11.8 Å². The maximum Gasteiger partial charge on any atom is 0.134 e. The first kappa shape index (κ1) is 12.5. The second kappa shape index (κ2) is 5.61. The van der Waals surface area contributed by atoms with Crippen molar-refractivity contribution in [1.29, 1.82) is 0 Å². The van der Waals surface area contributed by atoms with Crippen molar-refractivity contribution < 1.29 is 4.42 Å². The minimum atomic E-state index is 0.254. The van der Waals surface area contributed by atoms with Gasteiger partial charge in [0.05, 0.1) is 6.04 Å². The summed E-state index contributed by atoms with van der Waals surface area (Å²) < 4.78 is 5.84. The molecule has 0 radical (unpaired) electrons. The van der Waals surface area contributed by atoms with Crippen LogP contribution in [-0.4, -0.2) is 18.1 Å². The smallest absolute Gasteiger partial charge is 0.134 e. The van der Waals surface area contributed by atoms with E-state index >= 15 is 0 Å². The Morgan fingerprint density at radius 2 is 2.06 bits per heavy atom. The SMILES string of the molecule is CSCC(C)NC(C)c1cc2ccccc2o1. The molecule has 2 nitrogen and oxygen atoms in total. The molecule has 1 aromatic heterocycles. The minimum Gasteiger partial charge on any atom is -0.459 e. The van der Waals surface area contributed by atoms with Gasteiger partial charge >= 0.3 is 0 Å². The van der Waals surface area contributed by atoms with E-state index in [9.17, 15) is 0 Å². The van der Waals surface area contributed by atoms with Gasteiger partial charge in [-0.3, -0.25) is 0 Å². The summed E-state index contributed by atoms with van der Waals surface area (Å²) in [4.78, 5) is 0. The van der Waals surface area contributed by atoms with Gasteiger partial charge < -0.3 is 9.73 Å². The van der Waals surface area contributed by atoms with Crippen LogP contribution in [0.4, 0.5) is 0 Å². The fourth-order valence-electron chi connectivity index (χ4n) is 2.02. The van der Waals surface area contributed by atoms with Crippen LogP contribution in [0.1, 0.15) is 25.6 Å². The second-order valence-corrected chi connectivity index (χ2v) is 5.34. The van der Waals surface area contributed by atoms with Gasteiger partial charge in [0.1, 0.15) is 11.3 Å². The summed E-state index contributed by atoms with van der Waals surface area (Å²) in [6.45, 7) is 4.35. The molecule has 3 heteroatoms. The predicted octanol–water partition coefficient (Wildman–Crippen LogP) is 3.83. The van der Waals surface area contributed by atoms with Crippen molar-refractivity contribution in [1.82, 2.24) is 5.32 Å². The maximum atomic E-state index is 5.84. The summed E-state index contributed by atoms with van der Waals surface area (Å²) in [5.74, 6) is 2.13. The normalized spacial score (nSPS) is 15.0. The van der Waals surface area contributed by atoms with Crippen LogP contribution in [0.25, 0.3) is 11.0 Å². The Morgan fingerprint density at radius 3 is 2.76 bits per heavy atom. The maximum absolute atomic E-state index is 5.84. The summed E-state index contributed by atoms with van der Waals surface area (Å²) >= 11 is 1.86. The Kier molecular flexibility index (Phi) is 4.13. The zero-order valence-corrected chi connectivity index (χ0v) is 11.4. The lowest BCUT2D eigenvalue weighted by Crippen LogP contribution is -2.30. The lowest BCUT2D eigenvalue weighted by Gasteiger charge is -2.17. The van der Waals surface area contributed by atoms with E-state index in [-0.39, 0.29) is 6.04 Å². The number of hydrogen-bond acceptors (Lipinski definition) is 3. The third-order valence-electron chi connectivity index (χ3n) is 2.82. The summed E-state index contributed by atoms with van der Waals surface area (Å²) in [6, 6.07) is 11.0. The average Bonchev–Trinajstić information content (AvgIpc) is 2.72. The van der Waals surface area contributed by atoms with E-state index in [2.05, 4.69) is 37.6 Å². The topological polar surface area (TPSA) is 25.2 Å². The number of furan rings is 1. The number of rotatable bonds is 5. The quantitative estimate of drug-likeness (QED) is 0.871. The lowest BCUT2D eigenvalue weighted by atomic mass is 10.2. The van der Waals surface area contributed by atoms with Crippen LogP contribution in [0.3, 0.4) is 0 Å². The van der Waals surface area contributed by atoms with E-state index in [1.165, 1.54) is 5.39 Å². The average molecular weight is 249 g/mol. The Labute approximate surface area is 107 Å². The van der Waals surface area contributed by atoms with Crippen molar-refractivity contribution >= 4 is 22.7 Å². The van der Waals surface area contributed by atoms with Crippen LogP contribution in [0, 0.1) is 0 Å². The van der Waals surface area contributed by atoms with Crippen LogP contribution in [-0.2, 0) is 0 Å². The van der Waals surface area contributed by atoms with Gasteiger partial charge in [-0.1, -0.05) is 18.2 Å². The van der Waals surface area contributed by atoms with E-state index in [0.717, 1.165) is 17.1 Å². The highest BCUT2D eigenvalue weighted by Crippen LogP contribution is 2.23. The molecule has 2 aromatic rings. The van der Waals surface area contributed by atoms with Gasteiger partial charge in [0.15, 0.2) is 0 Å². The molecule has 1 aromatic carbocycles. The molecule has 2 atom stereocenters. The molecule has 0 saturated heterocycles. The Hall–Kier alpha value is -0.930. The van der Waals surface area contributed by atoms with Crippen LogP contribution >= 0.6 is 11.8 Å². The molecular formula is C14H19NOS. The molecule has 0 aliphatic rings. The van der Waals surface area contributed by atoms with Gasteiger partial charge in [-0.15, -0.1) is 0 Å². The van der Waals surface area contributed by atoms with Crippen molar-refractivity contribution in [3.63, 3.8) is 0 Å². The Balaban J connectivity index is 2.10. The first-order chi connectivity index (χ1) is 8.20. The van der Waals surface area contributed by atoms with Crippen LogP contribution in [0.2, 0.25) is 0 Å². The molecule has 0 bridgehead atoms. The molecular weight excluding hydrogens is 230 g/mol. The van der Waals surface area contributed by atoms with Crippen molar-refractivity contribution in [2.24, 2.45) is 0 Å². The number of para-hydroxylation sites is 1. The summed E-state index contributed by atoms with van der Waals surface area (Å²) in [7, 11) is 0. The number of hydrogen-bond donors (Lipinski definition) is 1. The number of thioether (sulfide) groups is 1. The monoisotopic (exact) mass is 249 g/mol. The molecule has 0 saturated carbocycles. The highest BCUT2D eigenvalue weighted by atomic mass is 32.2. The highest BCUT2D eigenvalue weighted by molar-refractivity contribution is 7.98. The highest BCUT2D eigenvalue weighted by Gasteiger charge is 2.13. The van der Waals surface area contributed by atoms with Gasteiger partial charge in [0, 0.05) is 17.2 Å². The molecule has 1 N–H and O–H groups in total. The first-order valence-corrected chi connectivity index (χ1v) is 7.33. The third-order valence-corrected chi connectivity index (χ3v) is 3.66. The summed E-state index contributed by atoms with van der Waals surface area (Å²) in [5, 5.41) is 4.72. The van der Waals surface area contributed by atoms with E-state index in [1.807, 2.05) is 30.0 Å². The molecule has 1 heterocycles. The Bertz CT molecular complexity index is 447. The van der Waals surface area contributed by atoms with E-state index in [1.54, 1.807) is 0 Å². The van der Waals surface area contributed by atoms with Crippen molar-refractivity contribution in [2.75, 3.05) is 12.0 Å². The van der Waals surface area contributed by atoms with Gasteiger partial charge in [0.25, 0.3) is 0 Å². The van der Waals surface area contributed by atoms with Crippen molar-refractivity contribution in [3.8, 4) is 0 Å². The molecule has 0 aliphatic heterocycles. The number of fused-ring (bicyclic) bond motifs is 1. The fraction of sp³-hybridized carbons (Fsp3) is 0.429.